The molecule has 80 valence electrons. The minimum Gasteiger partial charge on any atom is -0.394 e. The van der Waals surface area contributed by atoms with Gasteiger partial charge in [0, 0.05) is 0 Å². The Balaban J connectivity index is 1.86. The highest BCUT2D eigenvalue weighted by atomic mass is 16.5. The van der Waals surface area contributed by atoms with Gasteiger partial charge in [0.15, 0.2) is 6.10 Å². The van der Waals surface area contributed by atoms with Crippen LogP contribution in [0.1, 0.15) is 5.56 Å². The summed E-state index contributed by atoms with van der Waals surface area (Å²) in [4.78, 5) is 11.1. The highest BCUT2D eigenvalue weighted by Gasteiger charge is 2.39. The largest absolute Gasteiger partial charge is 0.394 e. The smallest absolute Gasteiger partial charge is 0.251 e. The lowest BCUT2D eigenvalue weighted by Gasteiger charge is -2.34. The van der Waals surface area contributed by atoms with E-state index in [1.807, 2.05) is 30.3 Å². The maximum absolute atomic E-state index is 11.1. The second-order valence-corrected chi connectivity index (χ2v) is 3.51. The van der Waals surface area contributed by atoms with E-state index < -0.39 is 6.10 Å². The van der Waals surface area contributed by atoms with Crippen LogP contribution in [0.2, 0.25) is 0 Å². The Morgan fingerprint density at radius 3 is 2.67 bits per heavy atom. The molecule has 1 aromatic rings. The fourth-order valence-corrected chi connectivity index (χ4v) is 1.52. The number of rotatable bonds is 4. The zero-order chi connectivity index (χ0) is 10.7. The summed E-state index contributed by atoms with van der Waals surface area (Å²) in [5.74, 6) is -0.148. The van der Waals surface area contributed by atoms with Crippen molar-refractivity contribution in [2.75, 3.05) is 6.61 Å². The van der Waals surface area contributed by atoms with Gasteiger partial charge < -0.3 is 15.2 Å². The summed E-state index contributed by atoms with van der Waals surface area (Å²) >= 11 is 0. The lowest BCUT2D eigenvalue weighted by Crippen LogP contribution is -2.64. The Labute approximate surface area is 87.9 Å². The molecule has 4 nitrogen and oxygen atoms in total. The second-order valence-electron chi connectivity index (χ2n) is 3.51. The molecule has 0 aromatic heterocycles. The molecule has 1 aromatic carbocycles. The van der Waals surface area contributed by atoms with Crippen molar-refractivity contribution < 1.29 is 14.6 Å². The van der Waals surface area contributed by atoms with Crippen molar-refractivity contribution in [3.63, 3.8) is 0 Å². The van der Waals surface area contributed by atoms with Crippen LogP contribution in [-0.4, -0.2) is 29.8 Å². The average molecular weight is 207 g/mol. The Morgan fingerprint density at radius 2 is 2.07 bits per heavy atom. The quantitative estimate of drug-likeness (QED) is 0.686. The number of hydrogen-bond acceptors (Lipinski definition) is 3. The summed E-state index contributed by atoms with van der Waals surface area (Å²) in [6, 6.07) is 9.39. The maximum Gasteiger partial charge on any atom is 0.251 e. The highest BCUT2D eigenvalue weighted by Crippen LogP contribution is 2.12. The van der Waals surface area contributed by atoms with E-state index in [1.54, 1.807) is 0 Å². The Bertz CT molecular complexity index is 339. The van der Waals surface area contributed by atoms with Gasteiger partial charge in [-0.1, -0.05) is 30.3 Å². The SMILES string of the molecule is O=C1N[C@@H](CO)[C@H]1OCc1ccccc1. The molecule has 1 heterocycles. The first kappa shape index (κ1) is 10.1. The monoisotopic (exact) mass is 207 g/mol. The fourth-order valence-electron chi connectivity index (χ4n) is 1.52. The molecule has 0 aliphatic carbocycles. The van der Waals surface area contributed by atoms with Gasteiger partial charge in [-0.2, -0.15) is 0 Å². The van der Waals surface area contributed by atoms with Crippen LogP contribution in [0.4, 0.5) is 0 Å². The standard InChI is InChI=1S/C11H13NO3/c13-6-9-10(11(14)12-9)15-7-8-4-2-1-3-5-8/h1-5,9-10,13H,6-7H2,(H,12,14)/t9-,10+/m0/s1. The van der Waals surface area contributed by atoms with Crippen molar-refractivity contribution in [2.24, 2.45) is 0 Å². The van der Waals surface area contributed by atoms with Crippen LogP contribution in [0, 0.1) is 0 Å². The molecule has 0 saturated carbocycles. The third kappa shape index (κ3) is 2.16. The third-order valence-corrected chi connectivity index (χ3v) is 2.42. The molecule has 0 radical (unpaired) electrons. The predicted octanol–water partition coefficient (Wildman–Crippen LogP) is 0.0625. The van der Waals surface area contributed by atoms with Gasteiger partial charge in [-0.3, -0.25) is 4.79 Å². The van der Waals surface area contributed by atoms with E-state index in [0.29, 0.717) is 6.61 Å². The number of nitrogens with one attached hydrogen (secondary N) is 1. The number of carbonyl (C=O) groups excluding carboxylic acids is 1. The predicted molar refractivity (Wildman–Crippen MR) is 54.0 cm³/mol. The van der Waals surface area contributed by atoms with Crippen LogP contribution in [0.3, 0.4) is 0 Å². The third-order valence-electron chi connectivity index (χ3n) is 2.42. The molecule has 1 saturated heterocycles. The normalized spacial score (nSPS) is 24.5. The Kier molecular flexibility index (Phi) is 2.99. The molecule has 1 aliphatic heterocycles. The second kappa shape index (κ2) is 4.42. The molecule has 15 heavy (non-hydrogen) atoms. The minimum atomic E-state index is -0.504. The van der Waals surface area contributed by atoms with Gasteiger partial charge in [0.2, 0.25) is 0 Å². The van der Waals surface area contributed by atoms with E-state index in [4.69, 9.17) is 9.84 Å². The number of aliphatic hydroxyl groups excluding tert-OH is 1. The number of β-lactam (4-membered cyclic amide) rings is 1. The summed E-state index contributed by atoms with van der Waals surface area (Å²) in [6.45, 7) is 0.320. The van der Waals surface area contributed by atoms with Gasteiger partial charge in [0.05, 0.1) is 19.3 Å². The van der Waals surface area contributed by atoms with Gasteiger partial charge in [0.25, 0.3) is 5.91 Å². The van der Waals surface area contributed by atoms with Gasteiger partial charge in [-0.05, 0) is 5.56 Å². The highest BCUT2D eigenvalue weighted by molar-refractivity contribution is 5.88. The van der Waals surface area contributed by atoms with Crippen molar-refractivity contribution in [2.45, 2.75) is 18.8 Å². The molecule has 4 heteroatoms. The summed E-state index contributed by atoms with van der Waals surface area (Å²) in [5.41, 5.74) is 1.02. The summed E-state index contributed by atoms with van der Waals surface area (Å²) in [7, 11) is 0. The summed E-state index contributed by atoms with van der Waals surface area (Å²) < 4.78 is 5.41. The molecule has 2 rings (SSSR count). The molecular weight excluding hydrogens is 194 g/mol. The molecule has 0 spiro atoms. The van der Waals surface area contributed by atoms with Crippen LogP contribution >= 0.6 is 0 Å². The van der Waals surface area contributed by atoms with Crippen molar-refractivity contribution >= 4 is 5.91 Å². The van der Waals surface area contributed by atoms with Crippen molar-refractivity contribution in [1.82, 2.24) is 5.32 Å². The Hall–Kier alpha value is -1.39. The molecular formula is C11H13NO3. The fraction of sp³-hybridized carbons (Fsp3) is 0.364. The van der Waals surface area contributed by atoms with E-state index in [1.165, 1.54) is 0 Å². The summed E-state index contributed by atoms with van der Waals surface area (Å²) in [6.07, 6.45) is -0.504. The first-order chi connectivity index (χ1) is 7.31. The van der Waals surface area contributed by atoms with Crippen molar-refractivity contribution in [3.8, 4) is 0 Å². The van der Waals surface area contributed by atoms with Crippen LogP contribution in [0.5, 0.6) is 0 Å². The van der Waals surface area contributed by atoms with E-state index in [0.717, 1.165) is 5.56 Å². The zero-order valence-electron chi connectivity index (χ0n) is 8.22. The number of carbonyl (C=O) groups is 1. The Morgan fingerprint density at radius 1 is 1.33 bits per heavy atom. The zero-order valence-corrected chi connectivity index (χ0v) is 8.22. The number of ether oxygens (including phenoxy) is 1. The number of aliphatic hydroxyl groups is 1. The van der Waals surface area contributed by atoms with Gasteiger partial charge in [0.1, 0.15) is 0 Å². The maximum atomic E-state index is 11.1. The van der Waals surface area contributed by atoms with Crippen LogP contribution in [-0.2, 0) is 16.1 Å². The van der Waals surface area contributed by atoms with Crippen LogP contribution in [0.25, 0.3) is 0 Å². The topological polar surface area (TPSA) is 58.6 Å². The minimum absolute atomic E-state index is 0.0782. The molecule has 1 amide bonds. The number of benzene rings is 1. The molecule has 2 atom stereocenters. The van der Waals surface area contributed by atoms with Gasteiger partial charge in [-0.15, -0.1) is 0 Å². The number of hydrogen-bond donors (Lipinski definition) is 2. The first-order valence-corrected chi connectivity index (χ1v) is 4.88. The van der Waals surface area contributed by atoms with E-state index in [-0.39, 0.29) is 18.6 Å². The summed E-state index contributed by atoms with van der Waals surface area (Å²) in [5, 5.41) is 11.4. The van der Waals surface area contributed by atoms with E-state index in [2.05, 4.69) is 5.32 Å². The van der Waals surface area contributed by atoms with Crippen molar-refractivity contribution in [1.29, 1.82) is 0 Å². The average Bonchev–Trinajstić information content (AvgIpc) is 2.27. The molecule has 2 N–H and O–H groups in total. The van der Waals surface area contributed by atoms with Gasteiger partial charge >= 0.3 is 0 Å². The van der Waals surface area contributed by atoms with Gasteiger partial charge in [-0.25, -0.2) is 0 Å². The van der Waals surface area contributed by atoms with Crippen molar-refractivity contribution in [3.05, 3.63) is 35.9 Å². The van der Waals surface area contributed by atoms with E-state index >= 15 is 0 Å². The molecule has 1 aliphatic rings. The molecule has 0 bridgehead atoms. The molecule has 0 unspecified atom stereocenters. The van der Waals surface area contributed by atoms with Crippen LogP contribution in [0.15, 0.2) is 30.3 Å². The lowest BCUT2D eigenvalue weighted by atomic mass is 10.0. The van der Waals surface area contributed by atoms with E-state index in [9.17, 15) is 4.79 Å². The van der Waals surface area contributed by atoms with Crippen LogP contribution < -0.4 is 5.32 Å². The molecule has 1 fully saturated rings. The first-order valence-electron chi connectivity index (χ1n) is 4.88. The number of amides is 1. The lowest BCUT2D eigenvalue weighted by molar-refractivity contribution is -0.151.